The number of unbranched alkanes of at least 4 members (excludes halogenated alkanes) is 2. The van der Waals surface area contributed by atoms with Crippen LogP contribution in [-0.4, -0.2) is 59.7 Å². The fraction of sp³-hybridized carbons (Fsp3) is 1.00. The quantitative estimate of drug-likeness (QED) is 0.282. The van der Waals surface area contributed by atoms with Crippen LogP contribution in [0.15, 0.2) is 0 Å². The van der Waals surface area contributed by atoms with E-state index in [-0.39, 0.29) is 45.0 Å². The molecule has 0 aliphatic rings. The predicted octanol–water partition coefficient (Wildman–Crippen LogP) is -5.15. The molecule has 0 bridgehead atoms. The standard InChI is InChI=1S/2C4H9.2BO3.2Sn/c2*1-3-4-2;2*2-1(3)4;;/h2*1,3-4H2,2H3;;;;/q;;2*-3;+2;+4. The number of rotatable bonds is 6. The van der Waals surface area contributed by atoms with E-state index in [1.54, 1.807) is 8.87 Å². The molecule has 0 spiro atoms. The summed E-state index contributed by atoms with van der Waals surface area (Å²) in [6, 6.07) is 0. The Hall–Kier alpha value is 1.49. The summed E-state index contributed by atoms with van der Waals surface area (Å²) in [5.41, 5.74) is 0. The molecule has 0 aromatic heterocycles. The van der Waals surface area contributed by atoms with E-state index in [0.717, 1.165) is 0 Å². The van der Waals surface area contributed by atoms with Crippen molar-refractivity contribution in [2.75, 3.05) is 0 Å². The van der Waals surface area contributed by atoms with E-state index in [1.807, 2.05) is 0 Å². The molecular formula is C8H18B2O6Sn2. The van der Waals surface area contributed by atoms with Crippen LogP contribution in [0.4, 0.5) is 0 Å². The smallest absolute Gasteiger partial charge is 0.907 e. The van der Waals surface area contributed by atoms with Crippen LogP contribution >= 0.6 is 0 Å². The molecule has 10 heteroatoms. The third-order valence-corrected chi connectivity index (χ3v) is 5.45. The van der Waals surface area contributed by atoms with Crippen molar-refractivity contribution >= 4 is 59.7 Å². The van der Waals surface area contributed by atoms with Crippen molar-refractivity contribution in [2.24, 2.45) is 0 Å². The van der Waals surface area contributed by atoms with Crippen LogP contribution < -0.4 is 30.1 Å². The molecule has 18 heavy (non-hydrogen) atoms. The van der Waals surface area contributed by atoms with Gasteiger partial charge >= 0.3 is 93.5 Å². The molecule has 0 N–H and O–H groups in total. The van der Waals surface area contributed by atoms with Gasteiger partial charge in [-0.2, -0.15) is 0 Å². The zero-order valence-electron chi connectivity index (χ0n) is 10.8. The van der Waals surface area contributed by atoms with Gasteiger partial charge in [0.25, 0.3) is 0 Å². The van der Waals surface area contributed by atoms with Crippen LogP contribution in [-0.2, 0) is 0 Å². The van der Waals surface area contributed by atoms with Crippen molar-refractivity contribution in [3.05, 3.63) is 0 Å². The summed E-state index contributed by atoms with van der Waals surface area (Å²) < 4.78 is 3.25. The SMILES string of the molecule is CCC[CH2][Sn+2][CH2]CCC.[O-]B([O-])[O-].[O-]B([O-])[O-].[Sn+4]. The van der Waals surface area contributed by atoms with Crippen LogP contribution in [0.5, 0.6) is 0 Å². The average Bonchev–Trinajstić information content (AvgIpc) is 2.16. The van der Waals surface area contributed by atoms with Gasteiger partial charge in [-0.05, 0) is 0 Å². The van der Waals surface area contributed by atoms with Crippen molar-refractivity contribution < 1.29 is 30.1 Å². The topological polar surface area (TPSA) is 138 Å². The second-order valence-corrected chi connectivity index (χ2v) is 7.32. The molecule has 0 saturated heterocycles. The molecular weight excluding hydrogens is 451 g/mol. The minimum absolute atomic E-state index is 0. The summed E-state index contributed by atoms with van der Waals surface area (Å²) in [4.78, 5) is 0. The molecule has 0 unspecified atom stereocenters. The predicted molar refractivity (Wildman–Crippen MR) is 62.4 cm³/mol. The Bertz CT molecular complexity index is 106. The van der Waals surface area contributed by atoms with Crippen molar-refractivity contribution in [3.63, 3.8) is 0 Å². The number of hydrogen-bond donors (Lipinski definition) is 0. The molecule has 0 heterocycles. The van der Waals surface area contributed by atoms with Gasteiger partial charge in [0, 0.05) is 0 Å². The largest absolute Gasteiger partial charge is 4.00 e. The van der Waals surface area contributed by atoms with Crippen molar-refractivity contribution in [2.45, 2.75) is 48.4 Å². The second kappa shape index (κ2) is 26.9. The van der Waals surface area contributed by atoms with Gasteiger partial charge in [0.15, 0.2) is 0 Å². The van der Waals surface area contributed by atoms with Gasteiger partial charge in [-0.3, -0.25) is 14.6 Å². The van der Waals surface area contributed by atoms with Gasteiger partial charge in [0.05, 0.1) is 0 Å². The first kappa shape index (κ1) is 27.8. The zero-order valence-corrected chi connectivity index (χ0v) is 16.6. The first-order valence-corrected chi connectivity index (χ1v) is 9.57. The van der Waals surface area contributed by atoms with E-state index in [4.69, 9.17) is 30.1 Å². The Morgan fingerprint density at radius 3 is 1.11 bits per heavy atom. The monoisotopic (exact) mass is 472 g/mol. The Morgan fingerprint density at radius 1 is 0.722 bits per heavy atom. The molecule has 0 rings (SSSR count). The van der Waals surface area contributed by atoms with Crippen LogP contribution in [0, 0.1) is 0 Å². The van der Waals surface area contributed by atoms with E-state index in [0.29, 0.717) is 0 Å². The fourth-order valence-corrected chi connectivity index (χ4v) is 4.89. The third kappa shape index (κ3) is 84.8. The maximum absolute atomic E-state index is 8.42. The Balaban J connectivity index is -0.0000000922. The Morgan fingerprint density at radius 2 is 0.944 bits per heavy atom. The van der Waals surface area contributed by atoms with E-state index in [1.165, 1.54) is 25.7 Å². The van der Waals surface area contributed by atoms with E-state index < -0.39 is 14.6 Å². The molecule has 0 saturated carbocycles. The molecule has 0 amide bonds. The maximum Gasteiger partial charge on any atom is 4.00 e. The summed E-state index contributed by atoms with van der Waals surface area (Å²) >= 11 is 0.149. The van der Waals surface area contributed by atoms with E-state index in [9.17, 15) is 0 Å². The van der Waals surface area contributed by atoms with Crippen LogP contribution in [0.3, 0.4) is 0 Å². The minimum atomic E-state index is -2.92. The zero-order chi connectivity index (χ0) is 14.1. The molecule has 0 aromatic rings. The van der Waals surface area contributed by atoms with Gasteiger partial charge in [0.1, 0.15) is 0 Å². The molecule has 0 aromatic carbocycles. The minimum Gasteiger partial charge on any atom is -0.907 e. The second-order valence-electron chi connectivity index (χ2n) is 3.03. The molecule has 0 atom stereocenters. The average molecular weight is 469 g/mol. The molecule has 100 valence electrons. The van der Waals surface area contributed by atoms with E-state index >= 15 is 0 Å². The van der Waals surface area contributed by atoms with E-state index in [2.05, 4.69) is 13.8 Å². The maximum atomic E-state index is 8.42. The van der Waals surface area contributed by atoms with Crippen molar-refractivity contribution in [3.8, 4) is 0 Å². The van der Waals surface area contributed by atoms with Gasteiger partial charge in [-0.25, -0.2) is 0 Å². The molecule has 0 fully saturated rings. The van der Waals surface area contributed by atoms with Gasteiger partial charge in [0.2, 0.25) is 0 Å². The summed E-state index contributed by atoms with van der Waals surface area (Å²) in [6.45, 7) is 4.58. The number of hydrogen-bond acceptors (Lipinski definition) is 6. The molecule has 6 nitrogen and oxygen atoms in total. The molecule has 0 radical (unpaired) electrons. The van der Waals surface area contributed by atoms with Gasteiger partial charge in [-0.1, -0.05) is 0 Å². The Labute approximate surface area is 137 Å². The van der Waals surface area contributed by atoms with Crippen LogP contribution in [0.25, 0.3) is 0 Å². The molecule has 0 aliphatic heterocycles. The van der Waals surface area contributed by atoms with Crippen LogP contribution in [0.1, 0.15) is 39.5 Å². The third-order valence-electron chi connectivity index (χ3n) is 1.41. The summed E-state index contributed by atoms with van der Waals surface area (Å²) in [7, 11) is -5.83. The van der Waals surface area contributed by atoms with Crippen molar-refractivity contribution in [1.29, 1.82) is 0 Å². The van der Waals surface area contributed by atoms with Gasteiger partial charge in [-0.15, -0.1) is 0 Å². The normalized spacial score (nSPS) is 7.56. The van der Waals surface area contributed by atoms with Crippen molar-refractivity contribution in [1.82, 2.24) is 0 Å². The molecule has 0 aliphatic carbocycles. The van der Waals surface area contributed by atoms with Crippen LogP contribution in [0.2, 0.25) is 8.87 Å². The fourth-order valence-electron chi connectivity index (χ4n) is 0.729. The first-order valence-electron chi connectivity index (χ1n) is 5.54. The first-order chi connectivity index (χ1) is 7.88. The summed E-state index contributed by atoms with van der Waals surface area (Å²) in [5, 5.41) is 50.5. The Kier molecular flexibility index (Phi) is 41.6. The van der Waals surface area contributed by atoms with Gasteiger partial charge < -0.3 is 30.1 Å². The summed E-state index contributed by atoms with van der Waals surface area (Å²) in [6.07, 6.45) is 5.84. The summed E-state index contributed by atoms with van der Waals surface area (Å²) in [5.74, 6) is 0.